The molecule has 0 saturated carbocycles. The molecule has 0 saturated heterocycles. The summed E-state index contributed by atoms with van der Waals surface area (Å²) in [5.41, 5.74) is 1.90. The molecule has 0 fully saturated rings. The molecular weight excluding hydrogens is 252 g/mol. The van der Waals surface area contributed by atoms with Crippen LogP contribution >= 0.6 is 11.8 Å². The molecule has 2 rings (SSSR count). The largest absolute Gasteiger partial charge is 0.549 e. The molecule has 1 heterocycles. The summed E-state index contributed by atoms with van der Waals surface area (Å²) in [6, 6.07) is 7.64. The van der Waals surface area contributed by atoms with E-state index in [2.05, 4.69) is 10.2 Å². The lowest BCUT2D eigenvalue weighted by molar-refractivity contribution is -0.304. The summed E-state index contributed by atoms with van der Waals surface area (Å²) >= 11 is 0.969. The van der Waals surface area contributed by atoms with Crippen LogP contribution in [0, 0.1) is 6.92 Å². The summed E-state index contributed by atoms with van der Waals surface area (Å²) in [4.78, 5) is 10.6. The van der Waals surface area contributed by atoms with Gasteiger partial charge in [0.1, 0.15) is 0 Å². The number of hydrogen-bond acceptors (Lipinski definition) is 6. The molecule has 1 atom stereocenters. The third-order valence-corrected chi connectivity index (χ3v) is 3.19. The number of carboxylic acids is 1. The quantitative estimate of drug-likeness (QED) is 0.773. The Morgan fingerprint density at radius 1 is 1.44 bits per heavy atom. The van der Waals surface area contributed by atoms with Gasteiger partial charge < -0.3 is 14.3 Å². The van der Waals surface area contributed by atoms with E-state index in [4.69, 9.17) is 4.42 Å². The molecule has 94 valence electrons. The fraction of sp³-hybridized carbons (Fsp3) is 0.250. The zero-order chi connectivity index (χ0) is 13.1. The third-order valence-electron chi connectivity index (χ3n) is 2.28. The highest BCUT2D eigenvalue weighted by Crippen LogP contribution is 2.26. The molecule has 0 bridgehead atoms. The van der Waals surface area contributed by atoms with E-state index in [1.165, 1.54) is 6.92 Å². The van der Waals surface area contributed by atoms with Crippen LogP contribution in [0.15, 0.2) is 33.9 Å². The van der Waals surface area contributed by atoms with Crippen LogP contribution in [0.1, 0.15) is 12.5 Å². The first-order valence-corrected chi connectivity index (χ1v) is 6.22. The molecule has 0 radical (unpaired) electrons. The van der Waals surface area contributed by atoms with E-state index in [1.807, 2.05) is 31.2 Å². The number of benzene rings is 1. The number of aryl methyl sites for hydroxylation is 1. The van der Waals surface area contributed by atoms with E-state index in [9.17, 15) is 9.90 Å². The van der Waals surface area contributed by atoms with Gasteiger partial charge >= 0.3 is 0 Å². The average molecular weight is 263 g/mol. The molecule has 0 unspecified atom stereocenters. The second-order valence-electron chi connectivity index (χ2n) is 3.82. The normalized spacial score (nSPS) is 12.3. The van der Waals surface area contributed by atoms with Gasteiger partial charge in [0.25, 0.3) is 5.22 Å². The maximum Gasteiger partial charge on any atom is 0.277 e. The Kier molecular flexibility index (Phi) is 3.66. The zero-order valence-corrected chi connectivity index (χ0v) is 10.7. The molecule has 0 aliphatic rings. The molecule has 6 heteroatoms. The van der Waals surface area contributed by atoms with E-state index >= 15 is 0 Å². The minimum atomic E-state index is -1.16. The second-order valence-corrected chi connectivity index (χ2v) is 5.11. The molecular formula is C12H11N2O3S-. The number of rotatable bonds is 4. The molecule has 0 amide bonds. The average Bonchev–Trinajstić information content (AvgIpc) is 2.77. The number of aliphatic carboxylic acids is 1. The van der Waals surface area contributed by atoms with Gasteiger partial charge in [0.05, 0.1) is 11.2 Å². The molecule has 18 heavy (non-hydrogen) atoms. The highest BCUT2D eigenvalue weighted by molar-refractivity contribution is 8.00. The van der Waals surface area contributed by atoms with Gasteiger partial charge in [-0.1, -0.05) is 29.5 Å². The number of thioether (sulfide) groups is 1. The fourth-order valence-electron chi connectivity index (χ4n) is 1.35. The van der Waals surface area contributed by atoms with Crippen molar-refractivity contribution in [3.05, 3.63) is 29.8 Å². The van der Waals surface area contributed by atoms with Crippen molar-refractivity contribution in [1.29, 1.82) is 0 Å². The lowest BCUT2D eigenvalue weighted by atomic mass is 10.1. The van der Waals surface area contributed by atoms with Crippen molar-refractivity contribution in [2.45, 2.75) is 24.3 Å². The van der Waals surface area contributed by atoms with Crippen molar-refractivity contribution in [3.63, 3.8) is 0 Å². The van der Waals surface area contributed by atoms with Crippen LogP contribution in [0.25, 0.3) is 11.5 Å². The predicted molar refractivity (Wildman–Crippen MR) is 64.8 cm³/mol. The first-order valence-electron chi connectivity index (χ1n) is 5.34. The fourth-order valence-corrected chi connectivity index (χ4v) is 1.97. The van der Waals surface area contributed by atoms with E-state index in [-0.39, 0.29) is 5.22 Å². The number of hydrogen-bond donors (Lipinski definition) is 0. The van der Waals surface area contributed by atoms with E-state index in [1.54, 1.807) is 0 Å². The number of carbonyl (C=O) groups excluding carboxylic acids is 1. The Hall–Kier alpha value is -1.82. The summed E-state index contributed by atoms with van der Waals surface area (Å²) in [5, 5.41) is 17.8. The van der Waals surface area contributed by atoms with Gasteiger partial charge in [-0.05, 0) is 26.0 Å². The summed E-state index contributed by atoms with van der Waals surface area (Å²) in [5.74, 6) is -0.776. The third kappa shape index (κ3) is 2.89. The van der Waals surface area contributed by atoms with Crippen LogP contribution in [-0.4, -0.2) is 21.4 Å². The molecule has 0 aliphatic carbocycles. The van der Waals surface area contributed by atoms with Crippen LogP contribution in [0.3, 0.4) is 0 Å². The second kappa shape index (κ2) is 5.22. The van der Waals surface area contributed by atoms with E-state index in [0.717, 1.165) is 22.9 Å². The van der Waals surface area contributed by atoms with Crippen LogP contribution in [0.4, 0.5) is 0 Å². The number of carbonyl (C=O) groups is 1. The smallest absolute Gasteiger partial charge is 0.277 e. The van der Waals surface area contributed by atoms with E-state index < -0.39 is 11.2 Å². The minimum Gasteiger partial charge on any atom is -0.549 e. The minimum absolute atomic E-state index is 0.225. The Morgan fingerprint density at radius 3 is 2.89 bits per heavy atom. The van der Waals surface area contributed by atoms with Crippen molar-refractivity contribution in [3.8, 4) is 11.5 Å². The van der Waals surface area contributed by atoms with Crippen molar-refractivity contribution in [2.24, 2.45) is 0 Å². The summed E-state index contributed by atoms with van der Waals surface area (Å²) in [6.45, 7) is 3.48. The lowest BCUT2D eigenvalue weighted by Gasteiger charge is -2.07. The Labute approximate surface area is 108 Å². The number of nitrogens with zero attached hydrogens (tertiary/aromatic N) is 2. The van der Waals surface area contributed by atoms with Crippen LogP contribution < -0.4 is 5.11 Å². The Morgan fingerprint density at radius 2 is 2.22 bits per heavy atom. The van der Waals surface area contributed by atoms with Gasteiger partial charge in [0.15, 0.2) is 0 Å². The predicted octanol–water partition coefficient (Wildman–Crippen LogP) is 1.28. The van der Waals surface area contributed by atoms with Crippen molar-refractivity contribution in [1.82, 2.24) is 10.2 Å². The van der Waals surface area contributed by atoms with Gasteiger partial charge in [-0.25, -0.2) is 0 Å². The van der Waals surface area contributed by atoms with Crippen LogP contribution in [-0.2, 0) is 4.79 Å². The Bertz CT molecular complexity index is 568. The standard InChI is InChI=1S/C12H12N2O3S/c1-7-4-3-5-9(6-7)10-13-14-12(17-10)18-8(2)11(15)16/h3-6,8H,1-2H3,(H,15,16)/p-1/t8-/m0/s1. The van der Waals surface area contributed by atoms with Gasteiger partial charge in [-0.2, -0.15) is 0 Å². The number of aromatic nitrogens is 2. The lowest BCUT2D eigenvalue weighted by Crippen LogP contribution is -2.31. The molecule has 0 spiro atoms. The highest BCUT2D eigenvalue weighted by Gasteiger charge is 2.13. The van der Waals surface area contributed by atoms with Crippen molar-refractivity contribution < 1.29 is 14.3 Å². The molecule has 0 aliphatic heterocycles. The van der Waals surface area contributed by atoms with Crippen LogP contribution in [0.2, 0.25) is 0 Å². The van der Waals surface area contributed by atoms with Crippen molar-refractivity contribution >= 4 is 17.7 Å². The van der Waals surface area contributed by atoms with Gasteiger partial charge in [-0.3, -0.25) is 0 Å². The molecule has 1 aromatic heterocycles. The maximum absolute atomic E-state index is 10.6. The van der Waals surface area contributed by atoms with Gasteiger partial charge in [-0.15, -0.1) is 10.2 Å². The zero-order valence-electron chi connectivity index (χ0n) is 9.91. The summed E-state index contributed by atoms with van der Waals surface area (Å²) in [6.07, 6.45) is 0. The monoisotopic (exact) mass is 263 g/mol. The van der Waals surface area contributed by atoms with Crippen molar-refractivity contribution in [2.75, 3.05) is 0 Å². The maximum atomic E-state index is 10.6. The summed E-state index contributed by atoms with van der Waals surface area (Å²) in [7, 11) is 0. The Balaban J connectivity index is 2.18. The number of carboxylic acid groups (broad SMARTS) is 1. The van der Waals surface area contributed by atoms with Gasteiger partial charge in [0.2, 0.25) is 5.89 Å². The van der Waals surface area contributed by atoms with Crippen LogP contribution in [0.5, 0.6) is 0 Å². The molecule has 2 aromatic rings. The SMILES string of the molecule is Cc1cccc(-c2nnc(S[C@@H](C)C(=O)[O-])o2)c1. The summed E-state index contributed by atoms with van der Waals surface area (Å²) < 4.78 is 5.40. The molecule has 5 nitrogen and oxygen atoms in total. The highest BCUT2D eigenvalue weighted by atomic mass is 32.2. The molecule has 1 aromatic carbocycles. The first kappa shape index (κ1) is 12.6. The van der Waals surface area contributed by atoms with Gasteiger partial charge in [0, 0.05) is 5.56 Å². The van der Waals surface area contributed by atoms with E-state index in [0.29, 0.717) is 5.89 Å². The molecule has 0 N–H and O–H groups in total. The first-order chi connectivity index (χ1) is 8.56. The topological polar surface area (TPSA) is 79.0 Å².